The molecular formula is C72H140O17P2. The topological polar surface area (TPSA) is 237 Å². The van der Waals surface area contributed by atoms with Crippen molar-refractivity contribution >= 4 is 39.5 Å². The van der Waals surface area contributed by atoms with Crippen LogP contribution in [0, 0.1) is 0 Å². The van der Waals surface area contributed by atoms with Crippen LogP contribution in [0.1, 0.15) is 381 Å². The Hall–Kier alpha value is -1.94. The zero-order valence-corrected chi connectivity index (χ0v) is 60.6. The van der Waals surface area contributed by atoms with Crippen LogP contribution in [0.2, 0.25) is 0 Å². The molecule has 0 spiro atoms. The van der Waals surface area contributed by atoms with Gasteiger partial charge in [-0.1, -0.05) is 329 Å². The van der Waals surface area contributed by atoms with Crippen molar-refractivity contribution in [1.82, 2.24) is 0 Å². The maximum absolute atomic E-state index is 13.0. The molecule has 0 radical (unpaired) electrons. The molecule has 0 fully saturated rings. The number of aliphatic hydroxyl groups is 1. The van der Waals surface area contributed by atoms with Gasteiger partial charge in [0, 0.05) is 25.7 Å². The molecule has 0 aromatic rings. The minimum absolute atomic E-state index is 0.107. The van der Waals surface area contributed by atoms with Crippen LogP contribution in [-0.2, 0) is 65.4 Å². The zero-order chi connectivity index (χ0) is 66.8. The van der Waals surface area contributed by atoms with E-state index in [1.807, 2.05) is 0 Å². The summed E-state index contributed by atoms with van der Waals surface area (Å²) in [6.07, 6.45) is 55.4. The number of aliphatic hydroxyl groups excluding tert-OH is 1. The van der Waals surface area contributed by atoms with Gasteiger partial charge in [0.2, 0.25) is 0 Å². The van der Waals surface area contributed by atoms with E-state index in [4.69, 9.17) is 37.0 Å². The molecule has 0 amide bonds. The van der Waals surface area contributed by atoms with Crippen LogP contribution < -0.4 is 0 Å². The summed E-state index contributed by atoms with van der Waals surface area (Å²) in [5, 5.41) is 10.6. The number of phosphoric acid groups is 2. The van der Waals surface area contributed by atoms with Gasteiger partial charge in [-0.2, -0.15) is 0 Å². The molecule has 91 heavy (non-hydrogen) atoms. The number of hydrogen-bond donors (Lipinski definition) is 3. The molecule has 3 N–H and O–H groups in total. The Morgan fingerprint density at radius 1 is 0.264 bits per heavy atom. The number of unbranched alkanes of at least 4 members (excludes halogenated alkanes) is 47. The van der Waals surface area contributed by atoms with Crippen LogP contribution in [0.25, 0.3) is 0 Å². The molecule has 0 saturated heterocycles. The first-order chi connectivity index (χ1) is 44.2. The van der Waals surface area contributed by atoms with Gasteiger partial charge in [0.05, 0.1) is 26.4 Å². The molecular weight excluding hydrogens is 1200 g/mol. The van der Waals surface area contributed by atoms with E-state index in [-0.39, 0.29) is 25.7 Å². The number of carbonyl (C=O) groups excluding carboxylic acids is 4. The lowest BCUT2D eigenvalue weighted by molar-refractivity contribution is -0.161. The van der Waals surface area contributed by atoms with E-state index < -0.39 is 97.5 Å². The van der Waals surface area contributed by atoms with Gasteiger partial charge in [-0.15, -0.1) is 0 Å². The normalized spacial score (nSPS) is 14.0. The van der Waals surface area contributed by atoms with Crippen molar-refractivity contribution in [2.24, 2.45) is 0 Å². The van der Waals surface area contributed by atoms with E-state index in [1.165, 1.54) is 212 Å². The van der Waals surface area contributed by atoms with Gasteiger partial charge in [-0.25, -0.2) is 9.13 Å². The molecule has 0 aliphatic rings. The van der Waals surface area contributed by atoms with Crippen LogP contribution in [0.4, 0.5) is 0 Å². The molecule has 19 heteroatoms. The number of ether oxygens (including phenoxy) is 4. The minimum atomic E-state index is -4.95. The average molecular weight is 1340 g/mol. The average Bonchev–Trinajstić information content (AvgIpc) is 3.74. The lowest BCUT2D eigenvalue weighted by Gasteiger charge is -2.21. The molecule has 540 valence electrons. The molecule has 0 aliphatic heterocycles. The number of hydrogen-bond acceptors (Lipinski definition) is 15. The second-order valence-electron chi connectivity index (χ2n) is 26.0. The van der Waals surface area contributed by atoms with Crippen molar-refractivity contribution in [1.29, 1.82) is 0 Å². The van der Waals surface area contributed by atoms with Crippen LogP contribution in [0.15, 0.2) is 0 Å². The second kappa shape index (κ2) is 66.7. The number of esters is 4. The Morgan fingerprint density at radius 2 is 0.440 bits per heavy atom. The summed E-state index contributed by atoms with van der Waals surface area (Å²) in [6, 6.07) is 0. The molecule has 17 nitrogen and oxygen atoms in total. The molecule has 0 saturated carbocycles. The fourth-order valence-electron chi connectivity index (χ4n) is 11.0. The number of phosphoric ester groups is 2. The fraction of sp³-hybridized carbons (Fsp3) is 0.944. The lowest BCUT2D eigenvalue weighted by atomic mass is 10.0. The Kier molecular flexibility index (Phi) is 65.2. The van der Waals surface area contributed by atoms with Crippen LogP contribution in [0.5, 0.6) is 0 Å². The first-order valence-electron chi connectivity index (χ1n) is 37.8. The molecule has 0 heterocycles. The van der Waals surface area contributed by atoms with Crippen molar-refractivity contribution in [2.75, 3.05) is 39.6 Å². The zero-order valence-electron chi connectivity index (χ0n) is 58.8. The van der Waals surface area contributed by atoms with E-state index in [1.54, 1.807) is 0 Å². The first-order valence-corrected chi connectivity index (χ1v) is 40.8. The predicted octanol–water partition coefficient (Wildman–Crippen LogP) is 21.1. The Morgan fingerprint density at radius 3 is 0.648 bits per heavy atom. The summed E-state index contributed by atoms with van der Waals surface area (Å²) < 4.78 is 68.3. The van der Waals surface area contributed by atoms with Crippen LogP contribution >= 0.6 is 15.6 Å². The Labute approximate surface area is 556 Å². The van der Waals surface area contributed by atoms with Crippen LogP contribution in [0.3, 0.4) is 0 Å². The van der Waals surface area contributed by atoms with E-state index in [9.17, 15) is 43.2 Å². The summed E-state index contributed by atoms with van der Waals surface area (Å²) in [7, 11) is -9.90. The van der Waals surface area contributed by atoms with E-state index in [0.717, 1.165) is 89.9 Å². The lowest BCUT2D eigenvalue weighted by Crippen LogP contribution is -2.30. The van der Waals surface area contributed by atoms with Crippen molar-refractivity contribution < 1.29 is 80.2 Å². The third kappa shape index (κ3) is 66.5. The van der Waals surface area contributed by atoms with Gasteiger partial charge >= 0.3 is 39.5 Å². The SMILES string of the molecule is CCCCCCCCCCCCCCCCCCCCC(=O)O[C@H](COC(=O)CCCCCCCCCCCCCCCC)COP(=O)(O)OC[C@@H](O)COP(=O)(O)OC[C@@H](COC(=O)CCCCCCCCCCC)OC(=O)CCCCCCCCCCCC. The van der Waals surface area contributed by atoms with Gasteiger partial charge in [-0.05, 0) is 25.7 Å². The molecule has 2 unspecified atom stereocenters. The largest absolute Gasteiger partial charge is 0.472 e. The highest BCUT2D eigenvalue weighted by molar-refractivity contribution is 7.47. The molecule has 0 aliphatic carbocycles. The van der Waals surface area contributed by atoms with Gasteiger partial charge < -0.3 is 33.8 Å². The van der Waals surface area contributed by atoms with E-state index in [0.29, 0.717) is 25.7 Å². The predicted molar refractivity (Wildman–Crippen MR) is 368 cm³/mol. The molecule has 5 atom stereocenters. The van der Waals surface area contributed by atoms with E-state index in [2.05, 4.69) is 27.7 Å². The van der Waals surface area contributed by atoms with Crippen molar-refractivity contribution in [3.8, 4) is 0 Å². The summed E-state index contributed by atoms with van der Waals surface area (Å²) in [6.45, 7) is 4.94. The Bertz CT molecular complexity index is 1740. The van der Waals surface area contributed by atoms with E-state index >= 15 is 0 Å². The minimum Gasteiger partial charge on any atom is -0.462 e. The van der Waals surface area contributed by atoms with Crippen molar-refractivity contribution in [3.63, 3.8) is 0 Å². The monoisotopic (exact) mass is 1340 g/mol. The third-order valence-corrected chi connectivity index (χ3v) is 18.8. The quantitative estimate of drug-likeness (QED) is 0.0222. The van der Waals surface area contributed by atoms with Gasteiger partial charge in [0.1, 0.15) is 19.3 Å². The summed E-state index contributed by atoms with van der Waals surface area (Å²) in [5.41, 5.74) is 0. The second-order valence-corrected chi connectivity index (χ2v) is 28.9. The highest BCUT2D eigenvalue weighted by Gasteiger charge is 2.30. The summed E-state index contributed by atoms with van der Waals surface area (Å²) in [4.78, 5) is 72.5. The van der Waals surface area contributed by atoms with Crippen LogP contribution in [-0.4, -0.2) is 96.7 Å². The maximum atomic E-state index is 13.0. The molecule has 0 aromatic heterocycles. The highest BCUT2D eigenvalue weighted by atomic mass is 31.2. The third-order valence-electron chi connectivity index (χ3n) is 16.9. The van der Waals surface area contributed by atoms with Crippen molar-refractivity contribution in [2.45, 2.75) is 399 Å². The van der Waals surface area contributed by atoms with Gasteiger partial charge in [0.25, 0.3) is 0 Å². The molecule has 0 rings (SSSR count). The van der Waals surface area contributed by atoms with Gasteiger partial charge in [-0.3, -0.25) is 37.3 Å². The Balaban J connectivity index is 5.20. The highest BCUT2D eigenvalue weighted by Crippen LogP contribution is 2.45. The maximum Gasteiger partial charge on any atom is 0.472 e. The standard InChI is InChI=1S/C72H140O17P2/c1-5-9-13-17-21-25-28-30-32-33-34-35-37-39-43-47-51-55-59-72(77)89-68(63-83-70(75)57-53-49-45-42-38-36-31-29-26-22-18-14-10-6-2)65-87-91(80,81)85-61-66(73)60-84-90(78,79)86-64-67(62-82-69(74)56-52-48-44-40-24-20-16-12-8-4)88-71(76)58-54-50-46-41-27-23-19-15-11-7-3/h66-68,73H,5-65H2,1-4H3,(H,78,79)(H,80,81)/t66-,67+,68+/m0/s1. The number of rotatable bonds is 73. The number of carbonyl (C=O) groups is 4. The summed E-state index contributed by atoms with van der Waals surface area (Å²) in [5.74, 6) is -2.12. The summed E-state index contributed by atoms with van der Waals surface area (Å²) >= 11 is 0. The smallest absolute Gasteiger partial charge is 0.462 e. The molecule has 0 bridgehead atoms. The van der Waals surface area contributed by atoms with Gasteiger partial charge in [0.15, 0.2) is 12.2 Å². The fourth-order valence-corrected chi connectivity index (χ4v) is 12.6. The van der Waals surface area contributed by atoms with Crippen molar-refractivity contribution in [3.05, 3.63) is 0 Å². The first kappa shape index (κ1) is 89.1. The molecule has 0 aromatic carbocycles.